The van der Waals surface area contributed by atoms with Gasteiger partial charge in [0, 0.05) is 18.4 Å². The van der Waals surface area contributed by atoms with Crippen LogP contribution in [0.25, 0.3) is 0 Å². The van der Waals surface area contributed by atoms with E-state index in [-0.39, 0.29) is 24.2 Å². The minimum atomic E-state index is -4.34. The van der Waals surface area contributed by atoms with E-state index in [1.165, 1.54) is 0 Å². The molecule has 3 rings (SSSR count). The average Bonchev–Trinajstić information content (AvgIpc) is 2.67. The summed E-state index contributed by atoms with van der Waals surface area (Å²) in [5.41, 5.74) is 8.39. The van der Waals surface area contributed by atoms with Crippen molar-refractivity contribution >= 4 is 12.4 Å². The van der Waals surface area contributed by atoms with Gasteiger partial charge in [0.2, 0.25) is 0 Å². The summed E-state index contributed by atoms with van der Waals surface area (Å²) in [6.45, 7) is 0.393. The number of nitrogens with two attached hydrogens (primary N) is 1. The zero-order chi connectivity index (χ0) is 18.6. The van der Waals surface area contributed by atoms with Gasteiger partial charge in [0.1, 0.15) is 0 Å². The highest BCUT2D eigenvalue weighted by Crippen LogP contribution is 2.39. The fourth-order valence-corrected chi connectivity index (χ4v) is 3.36. The molecule has 0 aromatic heterocycles. The Morgan fingerprint density at radius 2 is 1.11 bits per heavy atom. The van der Waals surface area contributed by atoms with Crippen molar-refractivity contribution in [2.24, 2.45) is 5.73 Å². The average molecular weight is 392 g/mol. The minimum Gasteiger partial charge on any atom is -0.330 e. The summed E-state index contributed by atoms with van der Waals surface area (Å²) < 4.78 is 38.7. The first-order valence-corrected chi connectivity index (χ1v) is 8.48. The molecular formula is C22H21ClF3N. The number of alkyl halides is 3. The maximum atomic E-state index is 12.9. The minimum absolute atomic E-state index is 0. The first kappa shape index (κ1) is 21.0. The highest BCUT2D eigenvalue weighted by molar-refractivity contribution is 5.85. The molecular weight excluding hydrogens is 371 g/mol. The molecule has 0 aliphatic heterocycles. The van der Waals surface area contributed by atoms with Gasteiger partial charge in [-0.15, -0.1) is 12.4 Å². The molecule has 0 saturated carbocycles. The lowest BCUT2D eigenvalue weighted by Crippen LogP contribution is -2.21. The van der Waals surface area contributed by atoms with Crippen molar-refractivity contribution in [1.29, 1.82) is 0 Å². The van der Waals surface area contributed by atoms with E-state index in [2.05, 4.69) is 0 Å². The maximum absolute atomic E-state index is 12.9. The summed E-state index contributed by atoms with van der Waals surface area (Å²) in [4.78, 5) is 0. The van der Waals surface area contributed by atoms with Crippen molar-refractivity contribution < 1.29 is 13.2 Å². The van der Waals surface area contributed by atoms with Gasteiger partial charge < -0.3 is 5.73 Å². The Balaban J connectivity index is 0.00000261. The summed E-state index contributed by atoms with van der Waals surface area (Å²) >= 11 is 0. The zero-order valence-electron chi connectivity index (χ0n) is 14.6. The lowest BCUT2D eigenvalue weighted by molar-refractivity contribution is -0.137. The summed E-state index contributed by atoms with van der Waals surface area (Å²) in [6.07, 6.45) is -4.34. The predicted octanol–water partition coefficient (Wildman–Crippen LogP) is 6.00. The molecule has 0 spiro atoms. The van der Waals surface area contributed by atoms with Gasteiger partial charge in [0.15, 0.2) is 0 Å². The van der Waals surface area contributed by atoms with Crippen LogP contribution in [-0.2, 0) is 6.18 Å². The van der Waals surface area contributed by atoms with E-state index in [0.29, 0.717) is 6.54 Å². The summed E-state index contributed by atoms with van der Waals surface area (Å²) in [6, 6.07) is 25.1. The second kappa shape index (κ2) is 9.07. The Morgan fingerprint density at radius 1 is 0.667 bits per heavy atom. The molecule has 0 bridgehead atoms. The van der Waals surface area contributed by atoms with E-state index in [1.54, 1.807) is 12.1 Å². The first-order chi connectivity index (χ1) is 12.5. The van der Waals surface area contributed by atoms with Gasteiger partial charge in [-0.25, -0.2) is 0 Å². The van der Waals surface area contributed by atoms with Crippen LogP contribution in [0.15, 0.2) is 84.9 Å². The van der Waals surface area contributed by atoms with Crippen molar-refractivity contribution in [3.63, 3.8) is 0 Å². The molecule has 2 atom stereocenters. The third kappa shape index (κ3) is 4.90. The number of hydrogen-bond acceptors (Lipinski definition) is 1. The smallest absolute Gasteiger partial charge is 0.330 e. The standard InChI is InChI=1S/C22H20F3N.ClH/c23-22(24,25)19-13-11-18(12-14-19)21(17-9-5-2-6-10-17)20(15-26)16-7-3-1-4-8-16;/h1-14,20-21H,15,26H2;1H. The largest absolute Gasteiger partial charge is 0.416 e. The fraction of sp³-hybridized carbons (Fsp3) is 0.182. The normalized spacial score (nSPS) is 13.5. The molecule has 1 nitrogen and oxygen atoms in total. The van der Waals surface area contributed by atoms with Crippen molar-refractivity contribution in [3.05, 3.63) is 107 Å². The Hall–Kier alpha value is -2.30. The van der Waals surface area contributed by atoms with Crippen LogP contribution < -0.4 is 5.73 Å². The van der Waals surface area contributed by atoms with Crippen LogP contribution >= 0.6 is 12.4 Å². The summed E-state index contributed by atoms with van der Waals surface area (Å²) in [7, 11) is 0. The summed E-state index contributed by atoms with van der Waals surface area (Å²) in [5.74, 6) is -0.152. The highest BCUT2D eigenvalue weighted by Gasteiger charge is 2.31. The molecule has 3 aromatic carbocycles. The molecule has 142 valence electrons. The molecule has 0 heterocycles. The number of hydrogen-bond donors (Lipinski definition) is 1. The van der Waals surface area contributed by atoms with E-state index in [9.17, 15) is 13.2 Å². The molecule has 0 aliphatic rings. The van der Waals surface area contributed by atoms with Crippen LogP contribution in [0.3, 0.4) is 0 Å². The predicted molar refractivity (Wildman–Crippen MR) is 105 cm³/mol. The third-order valence-corrected chi connectivity index (χ3v) is 4.64. The molecule has 2 unspecified atom stereocenters. The van der Waals surface area contributed by atoms with Crippen LogP contribution in [0.2, 0.25) is 0 Å². The van der Waals surface area contributed by atoms with E-state index in [1.807, 2.05) is 60.7 Å². The molecule has 2 N–H and O–H groups in total. The van der Waals surface area contributed by atoms with E-state index in [0.717, 1.165) is 28.8 Å². The van der Waals surface area contributed by atoms with Crippen molar-refractivity contribution in [2.45, 2.75) is 18.0 Å². The van der Waals surface area contributed by atoms with E-state index >= 15 is 0 Å². The molecule has 0 radical (unpaired) electrons. The van der Waals surface area contributed by atoms with Gasteiger partial charge >= 0.3 is 6.18 Å². The lowest BCUT2D eigenvalue weighted by Gasteiger charge is -2.28. The molecule has 3 aromatic rings. The number of rotatable bonds is 5. The molecule has 0 fully saturated rings. The van der Waals surface area contributed by atoms with Crippen LogP contribution in [0.1, 0.15) is 34.1 Å². The Kier molecular flexibility index (Phi) is 7.05. The van der Waals surface area contributed by atoms with Gasteiger partial charge in [-0.1, -0.05) is 72.8 Å². The molecule has 0 aliphatic carbocycles. The van der Waals surface area contributed by atoms with Crippen LogP contribution in [-0.4, -0.2) is 6.54 Å². The Labute approximate surface area is 163 Å². The molecule has 0 amide bonds. The highest BCUT2D eigenvalue weighted by atomic mass is 35.5. The van der Waals surface area contributed by atoms with Crippen LogP contribution in [0.5, 0.6) is 0 Å². The van der Waals surface area contributed by atoms with Crippen LogP contribution in [0.4, 0.5) is 13.2 Å². The molecule has 27 heavy (non-hydrogen) atoms. The Bertz CT molecular complexity index is 818. The number of benzene rings is 3. The van der Waals surface area contributed by atoms with Gasteiger partial charge in [-0.3, -0.25) is 0 Å². The third-order valence-electron chi connectivity index (χ3n) is 4.64. The topological polar surface area (TPSA) is 26.0 Å². The molecule has 0 saturated heterocycles. The van der Waals surface area contributed by atoms with Gasteiger partial charge in [-0.05, 0) is 28.8 Å². The van der Waals surface area contributed by atoms with Crippen LogP contribution in [0, 0.1) is 0 Å². The second-order valence-electron chi connectivity index (χ2n) is 6.26. The number of halogens is 4. The lowest BCUT2D eigenvalue weighted by atomic mass is 9.77. The van der Waals surface area contributed by atoms with Crippen molar-refractivity contribution in [2.75, 3.05) is 6.54 Å². The monoisotopic (exact) mass is 391 g/mol. The van der Waals surface area contributed by atoms with Crippen molar-refractivity contribution in [1.82, 2.24) is 0 Å². The van der Waals surface area contributed by atoms with Crippen molar-refractivity contribution in [3.8, 4) is 0 Å². The SMILES string of the molecule is Cl.NCC(c1ccccc1)C(c1ccccc1)c1ccc(C(F)(F)F)cc1. The fourth-order valence-electron chi connectivity index (χ4n) is 3.36. The second-order valence-corrected chi connectivity index (χ2v) is 6.26. The van der Waals surface area contributed by atoms with E-state index < -0.39 is 11.7 Å². The molecule has 5 heteroatoms. The van der Waals surface area contributed by atoms with E-state index in [4.69, 9.17) is 5.73 Å². The van der Waals surface area contributed by atoms with Gasteiger partial charge in [-0.2, -0.15) is 13.2 Å². The maximum Gasteiger partial charge on any atom is 0.416 e. The van der Waals surface area contributed by atoms with Gasteiger partial charge in [0.05, 0.1) is 5.56 Å². The first-order valence-electron chi connectivity index (χ1n) is 8.48. The quantitative estimate of drug-likeness (QED) is 0.567. The summed E-state index contributed by atoms with van der Waals surface area (Å²) in [5, 5.41) is 0. The Morgan fingerprint density at radius 3 is 1.56 bits per heavy atom. The zero-order valence-corrected chi connectivity index (χ0v) is 15.4. The van der Waals surface area contributed by atoms with Gasteiger partial charge in [0.25, 0.3) is 0 Å².